The molecule has 342 valence electrons. The largest absolute Gasteiger partial charge is 0.472 e. The van der Waals surface area contributed by atoms with Crippen LogP contribution in [0.4, 0.5) is 0 Å². The molecular weight excluding hydrogens is 783 g/mol. The van der Waals surface area contributed by atoms with Gasteiger partial charge in [0.1, 0.15) is 12.7 Å². The number of ether oxygens (including phenoxy) is 2. The molecule has 0 saturated carbocycles. The van der Waals surface area contributed by atoms with Crippen molar-refractivity contribution in [2.24, 2.45) is 0 Å². The maximum Gasteiger partial charge on any atom is 0.472 e. The van der Waals surface area contributed by atoms with Crippen LogP contribution < -0.4 is 0 Å². The van der Waals surface area contributed by atoms with E-state index in [1.54, 1.807) is 6.08 Å². The number of unbranched alkanes of at least 4 members (excludes halogenated alkanes) is 10. The highest BCUT2D eigenvalue weighted by Crippen LogP contribution is 2.43. The van der Waals surface area contributed by atoms with Gasteiger partial charge in [-0.3, -0.25) is 18.6 Å². The Hall–Kier alpha value is -3.15. The monoisotopic (exact) mass is 863 g/mol. The number of allylic oxidation sites excluding steroid dienone is 14. The molecule has 0 rings (SSSR count). The molecule has 0 fully saturated rings. The lowest BCUT2D eigenvalue weighted by molar-refractivity contribution is -0.161. The number of aliphatic hydroxyl groups is 3. The Bertz CT molecular complexity index is 1330. The number of rotatable bonds is 40. The number of esters is 2. The third kappa shape index (κ3) is 41.6. The van der Waals surface area contributed by atoms with Crippen LogP contribution >= 0.6 is 7.82 Å². The van der Waals surface area contributed by atoms with E-state index in [1.165, 1.54) is 44.9 Å². The topological polar surface area (TPSA) is 169 Å². The van der Waals surface area contributed by atoms with Crippen LogP contribution in [0, 0.1) is 0 Å². The molecule has 0 aliphatic carbocycles. The SMILES string of the molecule is CCCCC/C=C\C=C/[C@@H](O)C/C=C\C/C=C/CCCC(=O)OC[C@H](COP(=O)(O)OC[C@@H](O)CO)OC(=O)CCCCC/C=C\C/C=C\C/C=C\C/C=C\CCCCC. The van der Waals surface area contributed by atoms with Gasteiger partial charge in [0.25, 0.3) is 0 Å². The molecule has 0 aliphatic heterocycles. The standard InChI is InChI=1S/C48H79O11P/c1-3-5-7-9-11-12-13-14-15-16-17-18-19-20-21-22-26-31-35-39-48(53)59-46(43-58-60(54,55)57-41-45(51)40-49)42-56-47(52)38-34-30-27-23-25-29-33-37-44(50)36-32-28-24-10-8-6-4-2/h11-12,14-15,17-18,20-21,23-24,27-29,32-33,36,44-46,49-51H,3-10,13,16,19,22,25-26,30-31,34-35,37-43H2,1-2H3,(H,54,55)/b12-11-,15-14-,18-17-,21-20-,27-23+,28-24-,33-29-,36-32-/t44-,45+,46-/m1/s1. The third-order valence-corrected chi connectivity index (χ3v) is 9.74. The van der Waals surface area contributed by atoms with E-state index in [1.807, 2.05) is 36.5 Å². The van der Waals surface area contributed by atoms with Crippen molar-refractivity contribution in [1.29, 1.82) is 0 Å². The van der Waals surface area contributed by atoms with Crippen LogP contribution in [-0.4, -0.2) is 76.9 Å². The Kier molecular flexibility index (Phi) is 40.3. The highest BCUT2D eigenvalue weighted by Gasteiger charge is 2.27. The van der Waals surface area contributed by atoms with Gasteiger partial charge in [-0.15, -0.1) is 0 Å². The zero-order valence-electron chi connectivity index (χ0n) is 36.7. The normalized spacial score (nSPS) is 15.2. The van der Waals surface area contributed by atoms with E-state index >= 15 is 0 Å². The zero-order chi connectivity index (χ0) is 44.2. The molecule has 0 bridgehead atoms. The number of phosphoric ester groups is 1. The Labute approximate surface area is 362 Å². The molecule has 4 atom stereocenters. The first-order valence-electron chi connectivity index (χ1n) is 22.3. The van der Waals surface area contributed by atoms with Crippen LogP contribution in [0.3, 0.4) is 0 Å². The van der Waals surface area contributed by atoms with Crippen molar-refractivity contribution < 1.29 is 52.9 Å². The highest BCUT2D eigenvalue weighted by molar-refractivity contribution is 7.47. The molecule has 0 radical (unpaired) electrons. The van der Waals surface area contributed by atoms with E-state index in [-0.39, 0.29) is 19.4 Å². The molecule has 0 spiro atoms. The zero-order valence-corrected chi connectivity index (χ0v) is 37.6. The van der Waals surface area contributed by atoms with Gasteiger partial charge in [-0.1, -0.05) is 143 Å². The molecule has 0 heterocycles. The average Bonchev–Trinajstić information content (AvgIpc) is 3.23. The molecule has 0 aromatic rings. The fourth-order valence-corrected chi connectivity index (χ4v) is 6.07. The predicted molar refractivity (Wildman–Crippen MR) is 243 cm³/mol. The minimum atomic E-state index is -4.66. The lowest BCUT2D eigenvalue weighted by Gasteiger charge is -2.20. The Morgan fingerprint density at radius 1 is 0.567 bits per heavy atom. The molecule has 0 amide bonds. The second kappa shape index (κ2) is 42.5. The summed E-state index contributed by atoms with van der Waals surface area (Å²) in [5.74, 6) is -1.08. The van der Waals surface area contributed by atoms with E-state index in [2.05, 4.69) is 73.1 Å². The van der Waals surface area contributed by atoms with Gasteiger partial charge in [0.2, 0.25) is 0 Å². The molecule has 0 aliphatic rings. The predicted octanol–water partition coefficient (Wildman–Crippen LogP) is 11.0. The lowest BCUT2D eigenvalue weighted by atomic mass is 10.1. The van der Waals surface area contributed by atoms with Crippen LogP contribution in [0.5, 0.6) is 0 Å². The maximum atomic E-state index is 12.6. The summed E-state index contributed by atoms with van der Waals surface area (Å²) in [5, 5.41) is 28.4. The van der Waals surface area contributed by atoms with Gasteiger partial charge in [-0.2, -0.15) is 0 Å². The number of carbonyl (C=O) groups is 2. The van der Waals surface area contributed by atoms with Crippen molar-refractivity contribution in [3.63, 3.8) is 0 Å². The van der Waals surface area contributed by atoms with Crippen LogP contribution in [0.25, 0.3) is 0 Å². The molecular formula is C48H79O11P. The van der Waals surface area contributed by atoms with E-state index in [0.717, 1.165) is 44.9 Å². The summed E-state index contributed by atoms with van der Waals surface area (Å²) in [6.07, 6.45) is 48.3. The van der Waals surface area contributed by atoms with Gasteiger partial charge >= 0.3 is 19.8 Å². The lowest BCUT2D eigenvalue weighted by Crippen LogP contribution is -2.29. The van der Waals surface area contributed by atoms with Crippen molar-refractivity contribution >= 4 is 19.8 Å². The van der Waals surface area contributed by atoms with Crippen molar-refractivity contribution in [1.82, 2.24) is 0 Å². The minimum absolute atomic E-state index is 0.116. The van der Waals surface area contributed by atoms with Gasteiger partial charge in [0, 0.05) is 12.8 Å². The molecule has 12 heteroatoms. The van der Waals surface area contributed by atoms with Gasteiger partial charge < -0.3 is 29.7 Å². The second-order valence-electron chi connectivity index (χ2n) is 14.6. The third-order valence-electron chi connectivity index (χ3n) is 8.79. The fraction of sp³-hybridized carbons (Fsp3) is 0.625. The van der Waals surface area contributed by atoms with Crippen LogP contribution in [-0.2, 0) is 32.7 Å². The molecule has 0 aromatic heterocycles. The van der Waals surface area contributed by atoms with Crippen LogP contribution in [0.2, 0.25) is 0 Å². The Morgan fingerprint density at radius 3 is 1.65 bits per heavy atom. The average molecular weight is 863 g/mol. The Morgan fingerprint density at radius 2 is 1.07 bits per heavy atom. The van der Waals surface area contributed by atoms with E-state index < -0.39 is 57.9 Å². The van der Waals surface area contributed by atoms with Gasteiger partial charge in [-0.25, -0.2) is 4.57 Å². The summed E-state index contributed by atoms with van der Waals surface area (Å²) < 4.78 is 32.6. The molecule has 60 heavy (non-hydrogen) atoms. The van der Waals surface area contributed by atoms with Crippen LogP contribution in [0.15, 0.2) is 97.2 Å². The first-order valence-corrected chi connectivity index (χ1v) is 23.8. The first kappa shape index (κ1) is 56.9. The summed E-state index contributed by atoms with van der Waals surface area (Å²) in [6, 6.07) is 0. The molecule has 1 unspecified atom stereocenters. The van der Waals surface area contributed by atoms with Crippen LogP contribution in [0.1, 0.15) is 149 Å². The van der Waals surface area contributed by atoms with Crippen molar-refractivity contribution in [2.45, 2.75) is 167 Å². The summed E-state index contributed by atoms with van der Waals surface area (Å²) in [5.41, 5.74) is 0. The Balaban J connectivity index is 4.52. The number of carbonyl (C=O) groups excluding carboxylic acids is 2. The smallest absolute Gasteiger partial charge is 0.462 e. The first-order chi connectivity index (χ1) is 29.1. The molecule has 11 nitrogen and oxygen atoms in total. The highest BCUT2D eigenvalue weighted by atomic mass is 31.2. The summed E-state index contributed by atoms with van der Waals surface area (Å²) >= 11 is 0. The molecule has 0 saturated heterocycles. The molecule has 0 aromatic carbocycles. The van der Waals surface area contributed by atoms with Crippen molar-refractivity contribution in [3.05, 3.63) is 97.2 Å². The summed E-state index contributed by atoms with van der Waals surface area (Å²) in [7, 11) is -4.66. The maximum absolute atomic E-state index is 12.6. The van der Waals surface area contributed by atoms with Crippen molar-refractivity contribution in [2.75, 3.05) is 26.4 Å². The van der Waals surface area contributed by atoms with Gasteiger partial charge in [-0.05, 0) is 89.9 Å². The summed E-state index contributed by atoms with van der Waals surface area (Å²) in [4.78, 5) is 35.0. The summed E-state index contributed by atoms with van der Waals surface area (Å²) in [6.45, 7) is 2.11. The number of hydrogen-bond donors (Lipinski definition) is 4. The second-order valence-corrected chi connectivity index (χ2v) is 16.0. The number of hydrogen-bond acceptors (Lipinski definition) is 10. The van der Waals surface area contributed by atoms with Gasteiger partial charge in [0.15, 0.2) is 6.10 Å². The quantitative estimate of drug-likeness (QED) is 0.0152. The van der Waals surface area contributed by atoms with Gasteiger partial charge in [0.05, 0.1) is 25.9 Å². The van der Waals surface area contributed by atoms with E-state index in [9.17, 15) is 29.3 Å². The van der Waals surface area contributed by atoms with E-state index in [0.29, 0.717) is 32.1 Å². The van der Waals surface area contributed by atoms with E-state index in [4.69, 9.17) is 19.1 Å². The molecule has 4 N–H and O–H groups in total. The van der Waals surface area contributed by atoms with Crippen molar-refractivity contribution in [3.8, 4) is 0 Å². The fourth-order valence-electron chi connectivity index (χ4n) is 5.28. The number of phosphoric acid groups is 1. The minimum Gasteiger partial charge on any atom is -0.462 e. The number of aliphatic hydroxyl groups excluding tert-OH is 3.